The Balaban J connectivity index is 1.46. The molecule has 0 radical (unpaired) electrons. The van der Waals surface area contributed by atoms with Crippen LogP contribution in [0, 0.1) is 6.92 Å². The normalized spacial score (nSPS) is 15.4. The molecule has 1 unspecified atom stereocenters. The molecule has 0 saturated carbocycles. The lowest BCUT2D eigenvalue weighted by atomic mass is 10.0. The molecule has 0 N–H and O–H groups in total. The van der Waals surface area contributed by atoms with Gasteiger partial charge in [0.25, 0.3) is 5.19 Å². The molecule has 1 aliphatic rings. The average Bonchev–Trinajstić information content (AvgIpc) is 3.24. The van der Waals surface area contributed by atoms with Gasteiger partial charge < -0.3 is 9.64 Å². The third kappa shape index (κ3) is 5.56. The van der Waals surface area contributed by atoms with Crippen molar-refractivity contribution in [1.82, 2.24) is 14.3 Å². The number of ether oxygens (including phenoxy) is 1. The van der Waals surface area contributed by atoms with Crippen LogP contribution in [-0.2, 0) is 0 Å². The molecule has 1 aromatic heterocycles. The second-order valence-corrected chi connectivity index (χ2v) is 9.26. The molecule has 1 fully saturated rings. The number of rotatable bonds is 6. The molecule has 5 nitrogen and oxygen atoms in total. The van der Waals surface area contributed by atoms with Crippen LogP contribution >= 0.6 is 34.7 Å². The van der Waals surface area contributed by atoms with Crippen LogP contribution in [0.2, 0.25) is 10.0 Å². The quantitative estimate of drug-likeness (QED) is 0.279. The van der Waals surface area contributed by atoms with Crippen LogP contribution in [0.15, 0.2) is 41.4 Å². The number of aromatic nitrogens is 2. The van der Waals surface area contributed by atoms with Crippen LogP contribution in [0.3, 0.4) is 0 Å². The van der Waals surface area contributed by atoms with Crippen molar-refractivity contribution < 1.29 is 4.74 Å². The molecule has 1 aliphatic heterocycles. The van der Waals surface area contributed by atoms with Crippen LogP contribution in [0.5, 0.6) is 10.9 Å². The van der Waals surface area contributed by atoms with Crippen molar-refractivity contribution in [3.05, 3.63) is 63.4 Å². The zero-order valence-electron chi connectivity index (χ0n) is 17.5. The minimum absolute atomic E-state index is 0.0436. The van der Waals surface area contributed by atoms with Crippen molar-refractivity contribution in [2.24, 2.45) is 4.99 Å². The number of aryl methyl sites for hydroxylation is 1. The molecule has 31 heavy (non-hydrogen) atoms. The fraction of sp³-hybridized carbons (Fsp3) is 0.348. The van der Waals surface area contributed by atoms with E-state index in [0.717, 1.165) is 29.9 Å². The minimum Gasteiger partial charge on any atom is -0.430 e. The molecule has 8 heteroatoms. The predicted molar refractivity (Wildman–Crippen MR) is 129 cm³/mol. The number of aliphatic imine (C=N–C) groups is 1. The van der Waals surface area contributed by atoms with Crippen molar-refractivity contribution in [1.29, 1.82) is 0 Å². The van der Waals surface area contributed by atoms with E-state index >= 15 is 0 Å². The standard InChI is InChI=1S/C23H24Cl2N4OS/c1-15-12-20(26-14-29-10-4-3-5-11-29)19(25)13-21(15)30-23-27-22(28-31-23)16(2)17-6-8-18(24)9-7-17/h6-9,12-14,16H,3-5,10-11H2,1-2H3/b26-14+. The molecular formula is C23H24Cl2N4OS. The van der Waals surface area contributed by atoms with Gasteiger partial charge >= 0.3 is 0 Å². The first-order chi connectivity index (χ1) is 15.0. The zero-order valence-corrected chi connectivity index (χ0v) is 19.8. The third-order valence-corrected chi connectivity index (χ3v) is 6.54. The van der Waals surface area contributed by atoms with Gasteiger partial charge in [0, 0.05) is 41.6 Å². The highest BCUT2D eigenvalue weighted by molar-refractivity contribution is 7.07. The number of hydrogen-bond acceptors (Lipinski definition) is 5. The van der Waals surface area contributed by atoms with E-state index in [1.54, 1.807) is 6.07 Å². The summed E-state index contributed by atoms with van der Waals surface area (Å²) in [5.74, 6) is 1.42. The fourth-order valence-electron chi connectivity index (χ4n) is 3.47. The van der Waals surface area contributed by atoms with Crippen molar-refractivity contribution >= 4 is 46.8 Å². The van der Waals surface area contributed by atoms with Crippen molar-refractivity contribution in [2.75, 3.05) is 13.1 Å². The third-order valence-electron chi connectivity index (χ3n) is 5.37. The Hall–Kier alpha value is -2.15. The van der Waals surface area contributed by atoms with E-state index in [2.05, 4.69) is 26.2 Å². The van der Waals surface area contributed by atoms with E-state index in [9.17, 15) is 0 Å². The Morgan fingerprint density at radius 2 is 1.87 bits per heavy atom. The Bertz CT molecular complexity index is 1060. The van der Waals surface area contributed by atoms with Gasteiger partial charge in [-0.1, -0.05) is 42.3 Å². The van der Waals surface area contributed by atoms with E-state index in [-0.39, 0.29) is 5.92 Å². The highest BCUT2D eigenvalue weighted by atomic mass is 35.5. The number of hydrogen-bond donors (Lipinski definition) is 0. The van der Waals surface area contributed by atoms with Crippen molar-refractivity contribution in [3.8, 4) is 10.9 Å². The van der Waals surface area contributed by atoms with Gasteiger partial charge in [0.05, 0.1) is 17.0 Å². The molecule has 2 aromatic carbocycles. The summed E-state index contributed by atoms with van der Waals surface area (Å²) < 4.78 is 10.5. The first-order valence-electron chi connectivity index (χ1n) is 10.3. The monoisotopic (exact) mass is 474 g/mol. The van der Waals surface area contributed by atoms with Crippen LogP contribution in [0.25, 0.3) is 0 Å². The van der Waals surface area contributed by atoms with Crippen molar-refractivity contribution in [3.63, 3.8) is 0 Å². The molecule has 1 saturated heterocycles. The van der Waals surface area contributed by atoms with E-state index < -0.39 is 0 Å². The summed E-state index contributed by atoms with van der Waals surface area (Å²) in [7, 11) is 0. The summed E-state index contributed by atoms with van der Waals surface area (Å²) in [4.78, 5) is 11.4. The molecule has 4 rings (SSSR count). The maximum atomic E-state index is 6.48. The maximum Gasteiger partial charge on any atom is 0.298 e. The Labute approximate surface area is 196 Å². The van der Waals surface area contributed by atoms with Crippen LogP contribution < -0.4 is 4.74 Å². The van der Waals surface area contributed by atoms with Gasteiger partial charge in [0.2, 0.25) is 0 Å². The number of halogens is 2. The van der Waals surface area contributed by atoms with Gasteiger partial charge in [0.15, 0.2) is 5.82 Å². The summed E-state index contributed by atoms with van der Waals surface area (Å²) in [5, 5.41) is 1.75. The Kier molecular flexibility index (Phi) is 7.10. The van der Waals surface area contributed by atoms with Gasteiger partial charge in [-0.05, 0) is 55.5 Å². The molecule has 1 atom stereocenters. The van der Waals surface area contributed by atoms with Gasteiger partial charge in [-0.3, -0.25) is 0 Å². The highest BCUT2D eigenvalue weighted by Crippen LogP contribution is 2.36. The van der Waals surface area contributed by atoms with Crippen molar-refractivity contribution in [2.45, 2.75) is 39.0 Å². The van der Waals surface area contributed by atoms with E-state index in [0.29, 0.717) is 26.8 Å². The fourth-order valence-corrected chi connectivity index (χ4v) is 4.43. The molecule has 0 bridgehead atoms. The smallest absolute Gasteiger partial charge is 0.298 e. The highest BCUT2D eigenvalue weighted by Gasteiger charge is 2.17. The first-order valence-corrected chi connectivity index (χ1v) is 11.9. The Morgan fingerprint density at radius 1 is 1.13 bits per heavy atom. The largest absolute Gasteiger partial charge is 0.430 e. The first kappa shape index (κ1) is 22.1. The number of nitrogens with zero attached hydrogens (tertiary/aromatic N) is 4. The second-order valence-electron chi connectivity index (χ2n) is 7.70. The van der Waals surface area contributed by atoms with E-state index in [1.807, 2.05) is 43.6 Å². The van der Waals surface area contributed by atoms with Gasteiger partial charge in [-0.2, -0.15) is 9.36 Å². The molecule has 2 heterocycles. The lowest BCUT2D eigenvalue weighted by molar-refractivity contribution is 0.351. The van der Waals surface area contributed by atoms with Crippen LogP contribution in [0.1, 0.15) is 49.1 Å². The molecule has 3 aromatic rings. The van der Waals surface area contributed by atoms with Gasteiger partial charge in [0.1, 0.15) is 5.75 Å². The van der Waals surface area contributed by atoms with E-state index in [1.165, 1.54) is 30.8 Å². The molecule has 162 valence electrons. The average molecular weight is 475 g/mol. The van der Waals surface area contributed by atoms with Gasteiger partial charge in [-0.15, -0.1) is 0 Å². The number of benzene rings is 2. The van der Waals surface area contributed by atoms with Crippen LogP contribution in [0.4, 0.5) is 5.69 Å². The molecule has 0 aliphatic carbocycles. The zero-order chi connectivity index (χ0) is 21.8. The number of piperidine rings is 1. The van der Waals surface area contributed by atoms with E-state index in [4.69, 9.17) is 27.9 Å². The van der Waals surface area contributed by atoms with Gasteiger partial charge in [-0.25, -0.2) is 4.99 Å². The molecule has 0 spiro atoms. The number of likely N-dealkylation sites (tertiary alicyclic amines) is 1. The summed E-state index contributed by atoms with van der Waals surface area (Å²) in [6.07, 6.45) is 5.62. The lowest BCUT2D eigenvalue weighted by Gasteiger charge is -2.23. The summed E-state index contributed by atoms with van der Waals surface area (Å²) in [6.45, 7) is 6.14. The maximum absolute atomic E-state index is 6.48. The Morgan fingerprint density at radius 3 is 2.61 bits per heavy atom. The summed E-state index contributed by atoms with van der Waals surface area (Å²) >= 11 is 13.7. The lowest BCUT2D eigenvalue weighted by Crippen LogP contribution is -2.27. The van der Waals surface area contributed by atoms with Crippen LogP contribution in [-0.4, -0.2) is 33.7 Å². The topological polar surface area (TPSA) is 50.6 Å². The molecule has 0 amide bonds. The summed E-state index contributed by atoms with van der Waals surface area (Å²) in [6, 6.07) is 11.5. The molecular weight excluding hydrogens is 451 g/mol. The summed E-state index contributed by atoms with van der Waals surface area (Å²) in [5.41, 5.74) is 2.79. The second kappa shape index (κ2) is 9.98. The minimum atomic E-state index is 0.0436. The predicted octanol–water partition coefficient (Wildman–Crippen LogP) is 7.24. The SMILES string of the molecule is Cc1cc(/N=C/N2CCCCC2)c(Cl)cc1Oc1nc(C(C)c2ccc(Cl)cc2)ns1.